The van der Waals surface area contributed by atoms with Crippen LogP contribution in [-0.4, -0.2) is 80.6 Å². The number of carbonyl (C=O) groups is 1. The smallest absolute Gasteiger partial charge is 0.390 e. The summed E-state index contributed by atoms with van der Waals surface area (Å²) in [5.74, 6) is 1.47. The average Bonchev–Trinajstić information content (AvgIpc) is 3.01. The number of piperazine rings is 1. The van der Waals surface area contributed by atoms with Crippen molar-refractivity contribution in [2.75, 3.05) is 59.9 Å². The molecule has 238 valence electrons. The highest BCUT2D eigenvalue weighted by atomic mass is 32.2. The predicted octanol–water partition coefficient (Wildman–Crippen LogP) is 4.48. The lowest BCUT2D eigenvalue weighted by molar-refractivity contribution is -0.137. The summed E-state index contributed by atoms with van der Waals surface area (Å²) < 4.78 is 26.8. The number of hydrogen-bond acceptors (Lipinski definition) is 8. The molecule has 2 heterocycles. The van der Waals surface area contributed by atoms with Gasteiger partial charge in [-0.05, 0) is 92.7 Å². The van der Waals surface area contributed by atoms with Crippen molar-refractivity contribution in [3.8, 4) is 0 Å². The van der Waals surface area contributed by atoms with Crippen LogP contribution in [0.4, 0.5) is 27.5 Å². The minimum absolute atomic E-state index is 0.0720. The highest BCUT2D eigenvalue weighted by Crippen LogP contribution is 2.55. The Bertz CT molecular complexity index is 1450. The molecule has 3 unspecified atom stereocenters. The van der Waals surface area contributed by atoms with Crippen LogP contribution in [0.2, 0.25) is 0 Å². The number of fused-ring (bicyclic) bond motifs is 1. The molecule has 0 spiro atoms. The van der Waals surface area contributed by atoms with Crippen molar-refractivity contribution < 1.29 is 23.2 Å². The van der Waals surface area contributed by atoms with Gasteiger partial charge in [0.1, 0.15) is 0 Å². The maximum Gasteiger partial charge on any atom is 0.431 e. The van der Waals surface area contributed by atoms with Gasteiger partial charge in [0, 0.05) is 50.1 Å². The summed E-state index contributed by atoms with van der Waals surface area (Å²) in [7, 11) is -3.18. The Morgan fingerprint density at radius 3 is 2.23 bits per heavy atom. The number of carbonyl (C=O) groups excluding carboxylic acids is 1. The molecule has 4 saturated carbocycles. The number of unbranched alkanes of at least 4 members (excludes halogenated alkanes) is 1. The standard InChI is InChI=1S/C33H45N5O5S/c1-2-3-18-44(41,42)36-14-12-35(13-15-36)27-8-10-28(11-9-27)37-16-17-38(30-7-5-4-6-29(30)37)43-32(39)34-31-25-19-24-20-26(31)23-33(40,21-24)22-25/h4-11,24-26,31,40H,2-3,12-23H2,1H3,(H,34,39)/t24?,25-,26+,31?,33?. The van der Waals surface area contributed by atoms with Gasteiger partial charge in [-0.15, -0.1) is 0 Å². The molecule has 2 aromatic carbocycles. The van der Waals surface area contributed by atoms with Crippen LogP contribution < -0.4 is 20.2 Å². The first-order valence-corrected chi connectivity index (χ1v) is 18.0. The second kappa shape index (κ2) is 11.7. The van der Waals surface area contributed by atoms with Gasteiger partial charge in [-0.25, -0.2) is 18.3 Å². The Balaban J connectivity index is 0.979. The molecular formula is C33H45N5O5S. The van der Waals surface area contributed by atoms with E-state index in [0.717, 1.165) is 61.3 Å². The second-order valence-electron chi connectivity index (χ2n) is 13.6. The van der Waals surface area contributed by atoms with E-state index in [4.69, 9.17) is 4.84 Å². The van der Waals surface area contributed by atoms with E-state index in [1.165, 1.54) is 0 Å². The number of aliphatic hydroxyl groups is 1. The molecule has 4 aliphatic carbocycles. The molecule has 11 heteroatoms. The Morgan fingerprint density at radius 2 is 1.57 bits per heavy atom. The quantitative estimate of drug-likeness (QED) is 0.444. The van der Waals surface area contributed by atoms with E-state index in [2.05, 4.69) is 39.4 Å². The fourth-order valence-corrected chi connectivity index (χ4v) is 10.3. The normalized spacial score (nSPS) is 29.9. The number of hydroxylamine groups is 1. The van der Waals surface area contributed by atoms with Crippen LogP contribution in [-0.2, 0) is 14.9 Å². The van der Waals surface area contributed by atoms with E-state index in [1.54, 1.807) is 9.37 Å². The summed E-state index contributed by atoms with van der Waals surface area (Å²) in [6.45, 7) is 5.58. The van der Waals surface area contributed by atoms with Gasteiger partial charge in [-0.3, -0.25) is 0 Å². The number of nitrogens with zero attached hydrogens (tertiary/aromatic N) is 4. The van der Waals surface area contributed by atoms with Crippen molar-refractivity contribution in [3.63, 3.8) is 0 Å². The number of benzene rings is 2. The van der Waals surface area contributed by atoms with Crippen LogP contribution in [0.1, 0.15) is 51.9 Å². The lowest BCUT2D eigenvalue weighted by Crippen LogP contribution is -2.62. The summed E-state index contributed by atoms with van der Waals surface area (Å²) in [4.78, 5) is 23.6. The molecule has 2 N–H and O–H groups in total. The molecule has 1 saturated heterocycles. The number of para-hydroxylation sites is 2. The molecule has 5 fully saturated rings. The fourth-order valence-electron chi connectivity index (χ4n) is 8.70. The molecule has 44 heavy (non-hydrogen) atoms. The maximum atomic E-state index is 13.2. The average molecular weight is 624 g/mol. The zero-order valence-electron chi connectivity index (χ0n) is 25.6. The minimum Gasteiger partial charge on any atom is -0.390 e. The molecule has 8 rings (SSSR count). The SMILES string of the molecule is CCCCS(=O)(=O)N1CCN(c2ccc(N3CCN(OC(=O)NC4[C@@H]5CC6C[C@H]4CC(O)(C6)C5)c4ccccc43)cc2)CC1. The lowest BCUT2D eigenvalue weighted by Gasteiger charge is -2.57. The van der Waals surface area contributed by atoms with E-state index in [-0.39, 0.29) is 11.8 Å². The maximum absolute atomic E-state index is 13.2. The molecule has 4 bridgehead atoms. The number of hydrogen-bond donors (Lipinski definition) is 2. The molecule has 0 aromatic heterocycles. The van der Waals surface area contributed by atoms with Crippen molar-refractivity contribution >= 4 is 38.9 Å². The van der Waals surface area contributed by atoms with Crippen LogP contribution in [0.5, 0.6) is 0 Å². The summed E-state index contributed by atoms with van der Waals surface area (Å²) in [5, 5.41) is 15.8. The first kappa shape index (κ1) is 29.7. The molecule has 1 amide bonds. The van der Waals surface area contributed by atoms with Gasteiger partial charge in [0.2, 0.25) is 10.0 Å². The van der Waals surface area contributed by atoms with Crippen molar-refractivity contribution in [1.29, 1.82) is 0 Å². The summed E-state index contributed by atoms with van der Waals surface area (Å²) >= 11 is 0. The summed E-state index contributed by atoms with van der Waals surface area (Å²) in [6, 6.07) is 16.5. The Morgan fingerprint density at radius 1 is 0.909 bits per heavy atom. The first-order chi connectivity index (χ1) is 21.2. The monoisotopic (exact) mass is 623 g/mol. The molecular weight excluding hydrogens is 578 g/mol. The molecule has 2 aromatic rings. The van der Waals surface area contributed by atoms with Crippen molar-refractivity contribution in [3.05, 3.63) is 48.5 Å². The molecule has 0 radical (unpaired) electrons. The van der Waals surface area contributed by atoms with E-state index in [1.807, 2.05) is 31.2 Å². The molecule has 5 atom stereocenters. The largest absolute Gasteiger partial charge is 0.431 e. The van der Waals surface area contributed by atoms with Crippen molar-refractivity contribution in [2.45, 2.75) is 63.5 Å². The predicted molar refractivity (Wildman–Crippen MR) is 172 cm³/mol. The third-order valence-corrected chi connectivity index (χ3v) is 12.6. The van der Waals surface area contributed by atoms with E-state index < -0.39 is 21.7 Å². The van der Waals surface area contributed by atoms with Crippen LogP contribution in [0, 0.1) is 17.8 Å². The van der Waals surface area contributed by atoms with Crippen molar-refractivity contribution in [2.24, 2.45) is 17.8 Å². The number of nitrogens with one attached hydrogen (secondary N) is 1. The van der Waals surface area contributed by atoms with Crippen LogP contribution >= 0.6 is 0 Å². The number of rotatable bonds is 8. The summed E-state index contributed by atoms with van der Waals surface area (Å²) in [5.41, 5.74) is 3.43. The van der Waals surface area contributed by atoms with Crippen LogP contribution in [0.15, 0.2) is 48.5 Å². The zero-order valence-corrected chi connectivity index (χ0v) is 26.4. The highest BCUT2D eigenvalue weighted by molar-refractivity contribution is 7.89. The first-order valence-electron chi connectivity index (χ1n) is 16.4. The Hall–Kier alpha value is -3.02. The topological polar surface area (TPSA) is 106 Å². The van der Waals surface area contributed by atoms with Gasteiger partial charge in [0.05, 0.1) is 29.3 Å². The van der Waals surface area contributed by atoms with Crippen LogP contribution in [0.3, 0.4) is 0 Å². The van der Waals surface area contributed by atoms with Gasteiger partial charge in [0.15, 0.2) is 0 Å². The molecule has 6 aliphatic rings. The van der Waals surface area contributed by atoms with Crippen LogP contribution in [0.25, 0.3) is 0 Å². The van der Waals surface area contributed by atoms with Gasteiger partial charge < -0.3 is 25.1 Å². The van der Waals surface area contributed by atoms with Crippen molar-refractivity contribution in [1.82, 2.24) is 9.62 Å². The number of amides is 1. The van der Waals surface area contributed by atoms with E-state index in [0.29, 0.717) is 63.4 Å². The van der Waals surface area contributed by atoms with Gasteiger partial charge in [0.25, 0.3) is 0 Å². The zero-order chi connectivity index (χ0) is 30.5. The van der Waals surface area contributed by atoms with E-state index in [9.17, 15) is 18.3 Å². The molecule has 2 aliphatic heterocycles. The van der Waals surface area contributed by atoms with Gasteiger partial charge >= 0.3 is 6.09 Å². The highest BCUT2D eigenvalue weighted by Gasteiger charge is 2.55. The third kappa shape index (κ3) is 5.74. The van der Waals surface area contributed by atoms with Gasteiger partial charge in [-0.1, -0.05) is 25.5 Å². The lowest BCUT2D eigenvalue weighted by atomic mass is 9.52. The number of anilines is 4. The van der Waals surface area contributed by atoms with Gasteiger partial charge in [-0.2, -0.15) is 4.31 Å². The fraction of sp³-hybridized carbons (Fsp3) is 0.606. The van der Waals surface area contributed by atoms with E-state index >= 15 is 0 Å². The second-order valence-corrected chi connectivity index (χ2v) is 15.6. The molecule has 10 nitrogen and oxygen atoms in total. The Labute approximate surface area is 260 Å². The summed E-state index contributed by atoms with van der Waals surface area (Å²) in [6.07, 6.45) is 5.81. The minimum atomic E-state index is -3.18. The Kier molecular flexibility index (Phi) is 7.91. The number of sulfonamides is 1. The third-order valence-electron chi connectivity index (χ3n) is 10.6.